The molecule has 8 heteroatoms. The van der Waals surface area contributed by atoms with Gasteiger partial charge >= 0.3 is 6.03 Å². The van der Waals surface area contributed by atoms with Gasteiger partial charge in [0.15, 0.2) is 0 Å². The summed E-state index contributed by atoms with van der Waals surface area (Å²) >= 11 is 11.8. The molecule has 0 saturated heterocycles. The molecule has 1 aromatic heterocycles. The van der Waals surface area contributed by atoms with Gasteiger partial charge in [-0.15, -0.1) is 0 Å². The van der Waals surface area contributed by atoms with Crippen LogP contribution < -0.4 is 10.6 Å². The highest BCUT2D eigenvalue weighted by molar-refractivity contribution is 6.35. The molecule has 0 bridgehead atoms. The standard InChI is InChI=1S/C18H23Cl2FN4O/c1-10(9-25-12(3)5-11(2)24-25)8-22-18(26)23-13(4)14-6-17(21)16(20)7-15(14)19/h5-7,10,13H,8-9H2,1-4H3,(H2,22,23,26). The Labute approximate surface area is 162 Å². The van der Waals surface area contributed by atoms with Crippen molar-refractivity contribution in [2.24, 2.45) is 5.92 Å². The molecule has 0 spiro atoms. The van der Waals surface area contributed by atoms with E-state index in [-0.39, 0.29) is 17.0 Å². The lowest BCUT2D eigenvalue weighted by Crippen LogP contribution is -2.39. The number of halogens is 3. The zero-order chi connectivity index (χ0) is 19.4. The van der Waals surface area contributed by atoms with Crippen LogP contribution in [0.25, 0.3) is 0 Å². The number of benzene rings is 1. The molecule has 0 aliphatic heterocycles. The highest BCUT2D eigenvalue weighted by Gasteiger charge is 2.16. The fraction of sp³-hybridized carbons (Fsp3) is 0.444. The highest BCUT2D eigenvalue weighted by atomic mass is 35.5. The topological polar surface area (TPSA) is 59.0 Å². The van der Waals surface area contributed by atoms with Crippen LogP contribution in [0, 0.1) is 25.6 Å². The molecule has 2 amide bonds. The van der Waals surface area contributed by atoms with E-state index in [1.165, 1.54) is 12.1 Å². The van der Waals surface area contributed by atoms with Gasteiger partial charge in [-0.2, -0.15) is 5.10 Å². The molecule has 0 aliphatic rings. The Morgan fingerprint density at radius 1 is 1.23 bits per heavy atom. The minimum absolute atomic E-state index is 0.0478. The fourth-order valence-electron chi connectivity index (χ4n) is 2.68. The highest BCUT2D eigenvalue weighted by Crippen LogP contribution is 2.28. The van der Waals surface area contributed by atoms with Gasteiger partial charge in [-0.05, 0) is 50.5 Å². The second kappa shape index (κ2) is 8.73. The van der Waals surface area contributed by atoms with Gasteiger partial charge in [0.1, 0.15) is 5.82 Å². The van der Waals surface area contributed by atoms with Crippen LogP contribution in [0.2, 0.25) is 10.0 Å². The van der Waals surface area contributed by atoms with Crippen molar-refractivity contribution in [2.75, 3.05) is 6.54 Å². The minimum Gasteiger partial charge on any atom is -0.338 e. The summed E-state index contributed by atoms with van der Waals surface area (Å²) in [5.74, 6) is -0.371. The third-order valence-corrected chi connectivity index (χ3v) is 4.67. The number of aryl methyl sites for hydroxylation is 2. The molecule has 2 N–H and O–H groups in total. The molecule has 0 radical (unpaired) electrons. The lowest BCUT2D eigenvalue weighted by Gasteiger charge is -2.18. The number of amides is 2. The maximum absolute atomic E-state index is 13.6. The molecule has 0 aliphatic carbocycles. The van der Waals surface area contributed by atoms with Gasteiger partial charge < -0.3 is 10.6 Å². The van der Waals surface area contributed by atoms with E-state index in [1.807, 2.05) is 31.5 Å². The molecular weight excluding hydrogens is 378 g/mol. The third-order valence-electron chi connectivity index (χ3n) is 4.05. The Hall–Kier alpha value is -1.79. The minimum atomic E-state index is -0.571. The van der Waals surface area contributed by atoms with Crippen LogP contribution in [-0.2, 0) is 6.54 Å². The first-order chi connectivity index (χ1) is 12.2. The van der Waals surface area contributed by atoms with Crippen molar-refractivity contribution < 1.29 is 9.18 Å². The van der Waals surface area contributed by atoms with E-state index in [1.54, 1.807) is 6.92 Å². The summed E-state index contributed by atoms with van der Waals surface area (Å²) in [7, 11) is 0. The maximum atomic E-state index is 13.6. The summed E-state index contributed by atoms with van der Waals surface area (Å²) in [6.07, 6.45) is 0. The second-order valence-corrected chi connectivity index (χ2v) is 7.39. The van der Waals surface area contributed by atoms with Crippen molar-refractivity contribution in [2.45, 2.75) is 40.3 Å². The summed E-state index contributed by atoms with van der Waals surface area (Å²) in [5, 5.41) is 10.3. The van der Waals surface area contributed by atoms with Crippen molar-refractivity contribution in [3.63, 3.8) is 0 Å². The van der Waals surface area contributed by atoms with Crippen LogP contribution in [0.5, 0.6) is 0 Å². The average Bonchev–Trinajstić information content (AvgIpc) is 2.86. The number of urea groups is 1. The number of carbonyl (C=O) groups is 1. The molecule has 0 fully saturated rings. The van der Waals surface area contributed by atoms with Gasteiger partial charge in [0.05, 0.1) is 16.8 Å². The van der Waals surface area contributed by atoms with Gasteiger partial charge in [-0.25, -0.2) is 9.18 Å². The van der Waals surface area contributed by atoms with E-state index in [4.69, 9.17) is 23.2 Å². The molecular formula is C18H23Cl2FN4O. The van der Waals surface area contributed by atoms with E-state index in [0.29, 0.717) is 23.7 Å². The quantitative estimate of drug-likeness (QED) is 0.693. The predicted octanol–water partition coefficient (Wildman–Crippen LogP) is 4.64. The Morgan fingerprint density at radius 3 is 2.54 bits per heavy atom. The van der Waals surface area contributed by atoms with Crippen molar-refractivity contribution in [1.29, 1.82) is 0 Å². The Morgan fingerprint density at radius 2 is 1.92 bits per heavy atom. The second-order valence-electron chi connectivity index (χ2n) is 6.58. The van der Waals surface area contributed by atoms with Crippen LogP contribution in [0.3, 0.4) is 0 Å². The molecule has 2 atom stereocenters. The monoisotopic (exact) mass is 400 g/mol. The molecule has 1 heterocycles. The molecule has 0 saturated carbocycles. The van der Waals surface area contributed by atoms with E-state index in [0.717, 1.165) is 11.4 Å². The average molecular weight is 401 g/mol. The van der Waals surface area contributed by atoms with E-state index >= 15 is 0 Å². The molecule has 5 nitrogen and oxygen atoms in total. The van der Waals surface area contributed by atoms with E-state index in [9.17, 15) is 9.18 Å². The van der Waals surface area contributed by atoms with Gasteiger partial charge in [0, 0.05) is 23.8 Å². The predicted molar refractivity (Wildman–Crippen MR) is 102 cm³/mol. The van der Waals surface area contributed by atoms with Crippen molar-refractivity contribution in [1.82, 2.24) is 20.4 Å². The van der Waals surface area contributed by atoms with E-state index in [2.05, 4.69) is 15.7 Å². The fourth-order valence-corrected chi connectivity index (χ4v) is 3.23. The number of nitrogens with one attached hydrogen (secondary N) is 2. The first kappa shape index (κ1) is 20.5. The number of hydrogen-bond donors (Lipinski definition) is 2. The molecule has 2 aromatic rings. The van der Waals surface area contributed by atoms with E-state index < -0.39 is 11.9 Å². The van der Waals surface area contributed by atoms with Crippen LogP contribution in [0.15, 0.2) is 18.2 Å². The summed E-state index contributed by atoms with van der Waals surface area (Å²) in [5.41, 5.74) is 2.53. The summed E-state index contributed by atoms with van der Waals surface area (Å²) < 4.78 is 15.6. The number of nitrogens with zero attached hydrogens (tertiary/aromatic N) is 2. The van der Waals surface area contributed by atoms with Gasteiger partial charge in [0.2, 0.25) is 0 Å². The summed E-state index contributed by atoms with van der Waals surface area (Å²) in [6, 6.07) is 3.79. The van der Waals surface area contributed by atoms with Crippen molar-refractivity contribution in [3.05, 3.63) is 51.0 Å². The molecule has 26 heavy (non-hydrogen) atoms. The molecule has 1 aromatic carbocycles. The zero-order valence-electron chi connectivity index (χ0n) is 15.2. The van der Waals surface area contributed by atoms with Crippen LogP contribution in [-0.4, -0.2) is 22.4 Å². The van der Waals surface area contributed by atoms with Crippen molar-refractivity contribution in [3.8, 4) is 0 Å². The number of aromatic nitrogens is 2. The SMILES string of the molecule is Cc1cc(C)n(CC(C)CNC(=O)NC(C)c2cc(F)c(Cl)cc2Cl)n1. The van der Waals surface area contributed by atoms with Crippen molar-refractivity contribution >= 4 is 29.2 Å². The first-order valence-electron chi connectivity index (χ1n) is 8.37. The lowest BCUT2D eigenvalue weighted by molar-refractivity contribution is 0.235. The Bertz CT molecular complexity index is 794. The Kier molecular flexibility index (Phi) is 6.89. The van der Waals surface area contributed by atoms with Gasteiger partial charge in [-0.3, -0.25) is 4.68 Å². The largest absolute Gasteiger partial charge is 0.338 e. The van der Waals surface area contributed by atoms with Crippen LogP contribution in [0.1, 0.15) is 36.8 Å². The van der Waals surface area contributed by atoms with Gasteiger partial charge in [-0.1, -0.05) is 30.1 Å². The smallest absolute Gasteiger partial charge is 0.315 e. The number of hydrogen-bond acceptors (Lipinski definition) is 2. The van der Waals surface area contributed by atoms with Crippen LogP contribution >= 0.6 is 23.2 Å². The molecule has 2 unspecified atom stereocenters. The maximum Gasteiger partial charge on any atom is 0.315 e. The zero-order valence-corrected chi connectivity index (χ0v) is 16.7. The van der Waals surface area contributed by atoms with Crippen LogP contribution in [0.4, 0.5) is 9.18 Å². The molecule has 2 rings (SSSR count). The lowest BCUT2D eigenvalue weighted by atomic mass is 10.1. The number of carbonyl (C=O) groups excluding carboxylic acids is 1. The Balaban J connectivity index is 1.86. The number of rotatable bonds is 6. The molecule has 142 valence electrons. The third kappa shape index (κ3) is 5.35. The normalized spacial score (nSPS) is 13.3. The van der Waals surface area contributed by atoms with Gasteiger partial charge in [0.25, 0.3) is 0 Å². The summed E-state index contributed by atoms with van der Waals surface area (Å²) in [4.78, 5) is 12.1. The first-order valence-corrected chi connectivity index (χ1v) is 9.12. The summed E-state index contributed by atoms with van der Waals surface area (Å²) in [6.45, 7) is 8.91.